The Kier molecular flexibility index (Phi) is 4.71. The normalized spacial score (nSPS) is 16.1. The van der Waals surface area contributed by atoms with Gasteiger partial charge in [-0.25, -0.2) is 4.39 Å². The van der Waals surface area contributed by atoms with Crippen molar-refractivity contribution < 1.29 is 23.4 Å². The number of hydrogen-bond donors (Lipinski definition) is 1. The van der Waals surface area contributed by atoms with Crippen LogP contribution in [0.2, 0.25) is 0 Å². The standard InChI is InChI=1S/C23H19FN2O4/c24-17-8-16-9-18(30-23(16)19(10-17)15-2-1-5-25-11-15)12-26-22(27)7-14-3-4-20-21(6-14)29-13-28-20/h1-6,8,10-11,18H,7,9,12-13H2,(H,26,27). The molecule has 2 aliphatic rings. The summed E-state index contributed by atoms with van der Waals surface area (Å²) in [6, 6.07) is 12.1. The molecule has 1 amide bonds. The van der Waals surface area contributed by atoms with Gasteiger partial charge in [-0.3, -0.25) is 9.78 Å². The Morgan fingerprint density at radius 1 is 1.17 bits per heavy atom. The van der Waals surface area contributed by atoms with Crippen molar-refractivity contribution in [3.63, 3.8) is 0 Å². The first-order chi connectivity index (χ1) is 14.7. The number of carbonyl (C=O) groups excluding carboxylic acids is 1. The largest absolute Gasteiger partial charge is 0.487 e. The minimum Gasteiger partial charge on any atom is -0.487 e. The third-order valence-corrected chi connectivity index (χ3v) is 5.16. The zero-order valence-corrected chi connectivity index (χ0v) is 16.1. The van der Waals surface area contributed by atoms with E-state index in [0.29, 0.717) is 35.8 Å². The molecule has 0 spiro atoms. The van der Waals surface area contributed by atoms with Crippen LogP contribution < -0.4 is 19.5 Å². The van der Waals surface area contributed by atoms with Gasteiger partial charge in [0.05, 0.1) is 13.0 Å². The zero-order chi connectivity index (χ0) is 20.5. The lowest BCUT2D eigenvalue weighted by molar-refractivity contribution is -0.120. The number of nitrogens with zero attached hydrogens (tertiary/aromatic N) is 1. The number of rotatable bonds is 5. The number of fused-ring (bicyclic) bond motifs is 2. The van der Waals surface area contributed by atoms with E-state index < -0.39 is 0 Å². The second kappa shape index (κ2) is 7.67. The van der Waals surface area contributed by atoms with Gasteiger partial charge in [0.15, 0.2) is 11.5 Å². The van der Waals surface area contributed by atoms with Gasteiger partial charge in [-0.05, 0) is 35.9 Å². The number of nitrogens with one attached hydrogen (secondary N) is 1. The lowest BCUT2D eigenvalue weighted by Gasteiger charge is -2.14. The van der Waals surface area contributed by atoms with E-state index in [2.05, 4.69) is 10.3 Å². The number of ether oxygens (including phenoxy) is 3. The summed E-state index contributed by atoms with van der Waals surface area (Å²) in [5.41, 5.74) is 3.10. The van der Waals surface area contributed by atoms with E-state index in [1.54, 1.807) is 24.5 Å². The van der Waals surface area contributed by atoms with Crippen LogP contribution in [-0.2, 0) is 17.6 Å². The van der Waals surface area contributed by atoms with E-state index in [4.69, 9.17) is 14.2 Å². The monoisotopic (exact) mass is 406 g/mol. The summed E-state index contributed by atoms with van der Waals surface area (Å²) in [6.45, 7) is 0.540. The summed E-state index contributed by atoms with van der Waals surface area (Å²) in [5, 5.41) is 2.91. The van der Waals surface area contributed by atoms with Crippen molar-refractivity contribution in [1.82, 2.24) is 10.3 Å². The van der Waals surface area contributed by atoms with E-state index >= 15 is 0 Å². The second-order valence-electron chi connectivity index (χ2n) is 7.30. The van der Waals surface area contributed by atoms with Crippen molar-refractivity contribution in [3.05, 3.63) is 71.8 Å². The smallest absolute Gasteiger partial charge is 0.231 e. The molecule has 1 unspecified atom stereocenters. The molecule has 0 aliphatic carbocycles. The fraction of sp³-hybridized carbons (Fsp3) is 0.217. The molecular formula is C23H19FN2O4. The van der Waals surface area contributed by atoms with E-state index in [1.807, 2.05) is 18.2 Å². The van der Waals surface area contributed by atoms with Crippen LogP contribution in [0.15, 0.2) is 54.9 Å². The quantitative estimate of drug-likeness (QED) is 0.704. The Labute approximate surface area is 172 Å². The first-order valence-corrected chi connectivity index (χ1v) is 9.70. The molecule has 3 aromatic rings. The van der Waals surface area contributed by atoms with Crippen LogP contribution in [0.25, 0.3) is 11.1 Å². The fourth-order valence-corrected chi connectivity index (χ4v) is 3.77. The molecule has 152 valence electrons. The molecule has 0 bridgehead atoms. The third kappa shape index (κ3) is 3.66. The van der Waals surface area contributed by atoms with Gasteiger partial charge in [-0.2, -0.15) is 0 Å². The van der Waals surface area contributed by atoms with Gasteiger partial charge in [-0.1, -0.05) is 12.1 Å². The maximum Gasteiger partial charge on any atom is 0.231 e. The number of benzene rings is 2. The Morgan fingerprint density at radius 2 is 2.07 bits per heavy atom. The summed E-state index contributed by atoms with van der Waals surface area (Å²) >= 11 is 0. The highest BCUT2D eigenvalue weighted by Crippen LogP contribution is 2.39. The third-order valence-electron chi connectivity index (χ3n) is 5.16. The van der Waals surface area contributed by atoms with Gasteiger partial charge in [0.1, 0.15) is 17.7 Å². The van der Waals surface area contributed by atoms with Crippen LogP contribution in [0.3, 0.4) is 0 Å². The van der Waals surface area contributed by atoms with Crippen molar-refractivity contribution >= 4 is 5.91 Å². The van der Waals surface area contributed by atoms with E-state index in [-0.39, 0.29) is 31.0 Å². The number of carbonyl (C=O) groups is 1. The first-order valence-electron chi connectivity index (χ1n) is 9.70. The molecule has 1 atom stereocenters. The highest BCUT2D eigenvalue weighted by atomic mass is 19.1. The maximum absolute atomic E-state index is 14.1. The Morgan fingerprint density at radius 3 is 2.93 bits per heavy atom. The van der Waals surface area contributed by atoms with Gasteiger partial charge >= 0.3 is 0 Å². The molecule has 7 heteroatoms. The lowest BCUT2D eigenvalue weighted by atomic mass is 10.0. The molecule has 30 heavy (non-hydrogen) atoms. The van der Waals surface area contributed by atoms with Crippen LogP contribution in [0.4, 0.5) is 4.39 Å². The lowest BCUT2D eigenvalue weighted by Crippen LogP contribution is -2.35. The number of amides is 1. The van der Waals surface area contributed by atoms with Crippen molar-refractivity contribution in [3.8, 4) is 28.4 Å². The van der Waals surface area contributed by atoms with Crippen molar-refractivity contribution in [2.45, 2.75) is 18.9 Å². The summed E-state index contributed by atoms with van der Waals surface area (Å²) in [7, 11) is 0. The van der Waals surface area contributed by atoms with Crippen molar-refractivity contribution in [1.29, 1.82) is 0 Å². The van der Waals surface area contributed by atoms with Gasteiger partial charge in [-0.15, -0.1) is 0 Å². The SMILES string of the molecule is O=C(Cc1ccc2c(c1)OCO2)NCC1Cc2cc(F)cc(-c3cccnc3)c2O1. The summed E-state index contributed by atoms with van der Waals surface area (Å²) in [6.07, 6.45) is 3.86. The molecule has 2 aliphatic heterocycles. The van der Waals surface area contributed by atoms with E-state index in [9.17, 15) is 9.18 Å². The Balaban J connectivity index is 1.23. The van der Waals surface area contributed by atoms with Crippen LogP contribution in [-0.4, -0.2) is 30.3 Å². The topological polar surface area (TPSA) is 69.7 Å². The summed E-state index contributed by atoms with van der Waals surface area (Å²) in [4.78, 5) is 16.5. The average molecular weight is 406 g/mol. The van der Waals surface area contributed by atoms with Crippen LogP contribution in [0, 0.1) is 5.82 Å². The van der Waals surface area contributed by atoms with Crippen LogP contribution >= 0.6 is 0 Å². The van der Waals surface area contributed by atoms with Gasteiger partial charge in [0.2, 0.25) is 12.7 Å². The summed E-state index contributed by atoms with van der Waals surface area (Å²) < 4.78 is 30.8. The fourth-order valence-electron chi connectivity index (χ4n) is 3.77. The van der Waals surface area contributed by atoms with Gasteiger partial charge in [0, 0.05) is 35.5 Å². The highest BCUT2D eigenvalue weighted by molar-refractivity contribution is 5.79. The predicted molar refractivity (Wildman–Crippen MR) is 107 cm³/mol. The molecule has 6 nitrogen and oxygen atoms in total. The minimum atomic E-state index is -0.316. The van der Waals surface area contributed by atoms with Crippen LogP contribution in [0.5, 0.6) is 17.2 Å². The van der Waals surface area contributed by atoms with E-state index in [0.717, 1.165) is 16.7 Å². The number of pyridine rings is 1. The zero-order valence-electron chi connectivity index (χ0n) is 16.1. The number of hydrogen-bond acceptors (Lipinski definition) is 5. The minimum absolute atomic E-state index is 0.118. The molecule has 0 saturated carbocycles. The Hall–Kier alpha value is -3.61. The molecule has 0 radical (unpaired) electrons. The number of aromatic nitrogens is 1. The molecule has 0 fully saturated rings. The van der Waals surface area contributed by atoms with E-state index in [1.165, 1.54) is 12.1 Å². The molecule has 3 heterocycles. The van der Waals surface area contributed by atoms with Gasteiger partial charge in [0.25, 0.3) is 0 Å². The maximum atomic E-state index is 14.1. The molecule has 1 aromatic heterocycles. The van der Waals surface area contributed by atoms with Gasteiger partial charge < -0.3 is 19.5 Å². The summed E-state index contributed by atoms with van der Waals surface area (Å²) in [5.74, 6) is 1.56. The molecule has 0 saturated heterocycles. The first kappa shape index (κ1) is 18.4. The average Bonchev–Trinajstić information content (AvgIpc) is 3.38. The van der Waals surface area contributed by atoms with Crippen molar-refractivity contribution in [2.24, 2.45) is 0 Å². The molecule has 1 N–H and O–H groups in total. The van der Waals surface area contributed by atoms with Crippen LogP contribution in [0.1, 0.15) is 11.1 Å². The molecular weight excluding hydrogens is 387 g/mol. The molecule has 2 aromatic carbocycles. The highest BCUT2D eigenvalue weighted by Gasteiger charge is 2.27. The molecule has 5 rings (SSSR count). The predicted octanol–water partition coefficient (Wildman–Crippen LogP) is 3.28. The Bertz CT molecular complexity index is 1100. The second-order valence-corrected chi connectivity index (χ2v) is 7.30. The number of halogens is 1. The van der Waals surface area contributed by atoms with Crippen molar-refractivity contribution in [2.75, 3.05) is 13.3 Å².